The van der Waals surface area contributed by atoms with E-state index in [-0.39, 0.29) is 17.5 Å². The summed E-state index contributed by atoms with van der Waals surface area (Å²) in [6.07, 6.45) is 7.09. The maximum Gasteiger partial charge on any atom is 0.303 e. The van der Waals surface area contributed by atoms with Crippen molar-refractivity contribution >= 4 is 52.4 Å². The molecule has 1 aromatic heterocycles. The molecule has 212 valence electrons. The van der Waals surface area contributed by atoms with Crippen molar-refractivity contribution < 1.29 is 14.6 Å². The van der Waals surface area contributed by atoms with Crippen LogP contribution in [0.1, 0.15) is 79.5 Å². The zero-order valence-corrected chi connectivity index (χ0v) is 25.1. The van der Waals surface area contributed by atoms with Gasteiger partial charge in [0.2, 0.25) is 0 Å². The first-order valence-electron chi connectivity index (χ1n) is 14.2. The Bertz CT molecular complexity index is 1550. The lowest BCUT2D eigenvalue weighted by molar-refractivity contribution is -0.147. The third-order valence-corrected chi connectivity index (χ3v) is 9.13. The van der Waals surface area contributed by atoms with Gasteiger partial charge in [-0.15, -0.1) is 0 Å². The predicted octanol–water partition coefficient (Wildman–Crippen LogP) is 8.85. The van der Waals surface area contributed by atoms with Gasteiger partial charge in [0.05, 0.1) is 17.3 Å². The quantitative estimate of drug-likeness (QED) is 0.133. The van der Waals surface area contributed by atoms with Crippen molar-refractivity contribution in [3.63, 3.8) is 0 Å². The van der Waals surface area contributed by atoms with Crippen LogP contribution in [0.2, 0.25) is 5.02 Å². The number of pyridine rings is 1. The van der Waals surface area contributed by atoms with E-state index in [9.17, 15) is 9.90 Å². The minimum absolute atomic E-state index is 0.123. The van der Waals surface area contributed by atoms with Crippen LogP contribution in [0, 0.1) is 0 Å². The van der Waals surface area contributed by atoms with Crippen molar-refractivity contribution in [1.29, 1.82) is 0 Å². The summed E-state index contributed by atoms with van der Waals surface area (Å²) in [4.78, 5) is 16.3. The van der Waals surface area contributed by atoms with Gasteiger partial charge in [0.25, 0.3) is 0 Å². The van der Waals surface area contributed by atoms with Crippen LogP contribution in [-0.2, 0) is 9.53 Å². The summed E-state index contributed by atoms with van der Waals surface area (Å²) in [5.41, 5.74) is 5.93. The van der Waals surface area contributed by atoms with Gasteiger partial charge in [-0.05, 0) is 78.0 Å². The van der Waals surface area contributed by atoms with Crippen LogP contribution in [0.3, 0.4) is 0 Å². The molecule has 3 aromatic carbocycles. The number of aromatic nitrogens is 1. The number of carbonyl (C=O) groups is 1. The van der Waals surface area contributed by atoms with Crippen LogP contribution in [0.5, 0.6) is 0 Å². The van der Waals surface area contributed by atoms with Gasteiger partial charge in [-0.25, -0.2) is 4.98 Å². The summed E-state index contributed by atoms with van der Waals surface area (Å²) < 4.78 is 5.59. The highest BCUT2D eigenvalue weighted by Crippen LogP contribution is 2.43. The smallest absolute Gasteiger partial charge is 0.303 e. The van der Waals surface area contributed by atoms with Gasteiger partial charge in [0.15, 0.2) is 0 Å². The lowest BCUT2D eigenvalue weighted by Gasteiger charge is -2.24. The molecule has 0 bridgehead atoms. The summed E-state index contributed by atoms with van der Waals surface area (Å²) >= 11 is 8.02. The molecule has 0 spiro atoms. The Hall–Kier alpha value is -3.12. The number of benzene rings is 3. The molecule has 5 rings (SSSR count). The monoisotopic (exact) mass is 585 g/mol. The van der Waals surface area contributed by atoms with Crippen molar-refractivity contribution in [3.8, 4) is 0 Å². The lowest BCUT2D eigenvalue weighted by atomic mass is 9.84. The number of rotatable bonds is 12. The highest BCUT2D eigenvalue weighted by atomic mass is 35.5. The van der Waals surface area contributed by atoms with E-state index in [0.717, 1.165) is 64.1 Å². The maximum atomic E-state index is 11.5. The van der Waals surface area contributed by atoms with Gasteiger partial charge in [-0.1, -0.05) is 85.3 Å². The molecule has 0 radical (unpaired) electrons. The van der Waals surface area contributed by atoms with E-state index in [4.69, 9.17) is 21.3 Å². The van der Waals surface area contributed by atoms with Crippen LogP contribution in [0.4, 0.5) is 0 Å². The SMILES string of the molecule is CCC(O)c1ccccc1C(CCSCC1(OC(C)=O)CC1)c1cccc(/C=C/c2ccc3ccc(Cl)cc3n2)c1. The van der Waals surface area contributed by atoms with Crippen molar-refractivity contribution in [2.24, 2.45) is 0 Å². The Balaban J connectivity index is 1.38. The van der Waals surface area contributed by atoms with Gasteiger partial charge in [-0.2, -0.15) is 11.8 Å². The normalized spacial score (nSPS) is 15.6. The Labute approximate surface area is 251 Å². The second-order valence-corrected chi connectivity index (χ2v) is 12.3. The number of fused-ring (bicyclic) bond motifs is 1. The largest absolute Gasteiger partial charge is 0.458 e. The second kappa shape index (κ2) is 13.2. The number of nitrogens with zero attached hydrogens (tertiary/aromatic N) is 1. The number of ether oxygens (including phenoxy) is 1. The third kappa shape index (κ3) is 7.59. The molecule has 2 atom stereocenters. The standard InChI is InChI=1S/C35H36ClNO3S/c1-3-34(39)32-10-5-4-9-31(32)30(17-20-41-23-35(18-19-35)40-24(2)38)27-8-6-7-25(21-27)11-15-29-16-13-26-12-14-28(36)22-33(26)37-29/h4-16,21-22,30,34,39H,3,17-20,23H2,1-2H3/b15-11+. The molecule has 4 aromatic rings. The van der Waals surface area contributed by atoms with Crippen LogP contribution in [0.25, 0.3) is 23.1 Å². The van der Waals surface area contributed by atoms with Crippen LogP contribution >= 0.6 is 23.4 Å². The number of aliphatic hydroxyl groups is 1. The molecule has 0 saturated heterocycles. The van der Waals surface area contributed by atoms with E-state index >= 15 is 0 Å². The van der Waals surface area contributed by atoms with Crippen molar-refractivity contribution in [2.45, 2.75) is 57.2 Å². The van der Waals surface area contributed by atoms with Crippen LogP contribution in [-0.4, -0.2) is 33.2 Å². The first kappa shape index (κ1) is 29.4. The molecular formula is C35H36ClNO3S. The van der Waals surface area contributed by atoms with Crippen molar-refractivity contribution in [3.05, 3.63) is 112 Å². The molecule has 0 aliphatic heterocycles. The number of carbonyl (C=O) groups excluding carboxylic acids is 1. The zero-order valence-electron chi connectivity index (χ0n) is 23.6. The summed E-state index contributed by atoms with van der Waals surface area (Å²) in [5, 5.41) is 12.6. The lowest BCUT2D eigenvalue weighted by Crippen LogP contribution is -2.20. The Morgan fingerprint density at radius 1 is 1.05 bits per heavy atom. The molecule has 2 unspecified atom stereocenters. The van der Waals surface area contributed by atoms with Crippen molar-refractivity contribution in [2.75, 3.05) is 11.5 Å². The highest BCUT2D eigenvalue weighted by Gasteiger charge is 2.46. The molecule has 1 heterocycles. The molecule has 1 fully saturated rings. The number of esters is 1. The van der Waals surface area contributed by atoms with Gasteiger partial charge in [0.1, 0.15) is 5.60 Å². The van der Waals surface area contributed by atoms with Gasteiger partial charge >= 0.3 is 5.97 Å². The van der Waals surface area contributed by atoms with E-state index < -0.39 is 6.10 Å². The molecule has 41 heavy (non-hydrogen) atoms. The minimum atomic E-state index is -0.504. The van der Waals surface area contributed by atoms with Gasteiger partial charge in [0, 0.05) is 29.0 Å². The summed E-state index contributed by atoms with van der Waals surface area (Å²) in [6.45, 7) is 3.50. The fourth-order valence-corrected chi connectivity index (χ4v) is 6.73. The van der Waals surface area contributed by atoms with Gasteiger partial charge in [-0.3, -0.25) is 4.79 Å². The molecule has 1 N–H and O–H groups in total. The van der Waals surface area contributed by atoms with E-state index in [2.05, 4.69) is 48.5 Å². The fraction of sp³-hybridized carbons (Fsp3) is 0.314. The number of hydrogen-bond acceptors (Lipinski definition) is 5. The average molecular weight is 586 g/mol. The van der Waals surface area contributed by atoms with Crippen molar-refractivity contribution in [1.82, 2.24) is 4.98 Å². The summed E-state index contributed by atoms with van der Waals surface area (Å²) in [5.74, 6) is 1.67. The molecular weight excluding hydrogens is 550 g/mol. The van der Waals surface area contributed by atoms with Crippen LogP contribution in [0.15, 0.2) is 78.9 Å². The highest BCUT2D eigenvalue weighted by molar-refractivity contribution is 7.99. The topological polar surface area (TPSA) is 59.4 Å². The molecule has 6 heteroatoms. The number of thioether (sulfide) groups is 1. The summed E-state index contributed by atoms with van der Waals surface area (Å²) in [6, 6.07) is 26.7. The van der Waals surface area contributed by atoms with E-state index in [1.54, 1.807) is 0 Å². The molecule has 1 aliphatic carbocycles. The van der Waals surface area contributed by atoms with Crippen LogP contribution < -0.4 is 0 Å². The number of hydrogen-bond donors (Lipinski definition) is 1. The van der Waals surface area contributed by atoms with Gasteiger partial charge < -0.3 is 9.84 Å². The Kier molecular flexibility index (Phi) is 9.49. The van der Waals surface area contributed by atoms with E-state index in [0.29, 0.717) is 11.4 Å². The van der Waals surface area contributed by atoms with E-state index in [1.807, 2.05) is 61.2 Å². The minimum Gasteiger partial charge on any atom is -0.458 e. The third-order valence-electron chi connectivity index (χ3n) is 7.64. The second-order valence-electron chi connectivity index (χ2n) is 10.8. The number of halogens is 1. The first-order chi connectivity index (χ1) is 19.9. The average Bonchev–Trinajstić information content (AvgIpc) is 3.74. The maximum absolute atomic E-state index is 11.5. The predicted molar refractivity (Wildman–Crippen MR) is 171 cm³/mol. The molecule has 4 nitrogen and oxygen atoms in total. The Morgan fingerprint density at radius 3 is 2.59 bits per heavy atom. The first-order valence-corrected chi connectivity index (χ1v) is 15.8. The molecule has 0 amide bonds. The number of aliphatic hydroxyl groups excluding tert-OH is 1. The molecule has 1 saturated carbocycles. The van der Waals surface area contributed by atoms with E-state index in [1.165, 1.54) is 12.5 Å². The molecule has 1 aliphatic rings. The Morgan fingerprint density at radius 2 is 1.83 bits per heavy atom. The fourth-order valence-electron chi connectivity index (χ4n) is 5.29. The summed E-state index contributed by atoms with van der Waals surface area (Å²) in [7, 11) is 0. The zero-order chi connectivity index (χ0) is 28.8.